The molecule has 17 heavy (non-hydrogen) atoms. The first-order chi connectivity index (χ1) is 7.95. The topological polar surface area (TPSA) is 24.1 Å². The third-order valence-corrected chi connectivity index (χ3v) is 3.96. The zero-order valence-corrected chi connectivity index (χ0v) is 11.8. The van der Waals surface area contributed by atoms with Gasteiger partial charge < -0.3 is 10.6 Å². The van der Waals surface area contributed by atoms with Crippen LogP contribution in [0.15, 0.2) is 24.3 Å². The Morgan fingerprint density at radius 1 is 1.29 bits per heavy atom. The van der Waals surface area contributed by atoms with Crippen molar-refractivity contribution in [1.29, 1.82) is 0 Å². The Labute approximate surface area is 107 Å². The summed E-state index contributed by atoms with van der Waals surface area (Å²) in [7, 11) is 2.07. The first kappa shape index (κ1) is 14.5. The van der Waals surface area contributed by atoms with Crippen molar-refractivity contribution in [3.63, 3.8) is 0 Å². The molecule has 2 heteroatoms. The van der Waals surface area contributed by atoms with E-state index in [-0.39, 0.29) is 0 Å². The predicted molar refractivity (Wildman–Crippen MR) is 76.2 cm³/mol. The largest absolute Gasteiger partial charge is 0.315 e. The van der Waals surface area contributed by atoms with E-state index < -0.39 is 0 Å². The summed E-state index contributed by atoms with van der Waals surface area (Å²) in [5, 5.41) is 7.14. The smallest absolute Gasteiger partial charge is 0.0258 e. The monoisotopic (exact) mass is 236 g/mol. The molecule has 1 fully saturated rings. The molecule has 2 N–H and O–H groups in total. The van der Waals surface area contributed by atoms with Crippen molar-refractivity contribution in [3.05, 3.63) is 24.3 Å². The molecule has 4 unspecified atom stereocenters. The van der Waals surface area contributed by atoms with Gasteiger partial charge in [-0.25, -0.2) is 0 Å². The van der Waals surface area contributed by atoms with Gasteiger partial charge >= 0.3 is 0 Å². The Morgan fingerprint density at radius 3 is 2.47 bits per heavy atom. The minimum Gasteiger partial charge on any atom is -0.315 e. The fourth-order valence-corrected chi connectivity index (χ4v) is 2.87. The van der Waals surface area contributed by atoms with Gasteiger partial charge in [-0.2, -0.15) is 0 Å². The van der Waals surface area contributed by atoms with E-state index in [2.05, 4.69) is 51.6 Å². The number of rotatable bonds is 6. The summed E-state index contributed by atoms with van der Waals surface area (Å²) in [5.74, 6) is 0.694. The van der Waals surface area contributed by atoms with Crippen molar-refractivity contribution in [2.24, 2.45) is 5.92 Å². The van der Waals surface area contributed by atoms with Crippen molar-refractivity contribution in [2.45, 2.75) is 58.2 Å². The normalized spacial score (nSPS) is 32.7. The quantitative estimate of drug-likeness (QED) is 0.693. The number of allylic oxidation sites excluding steroid dienone is 2. The van der Waals surface area contributed by atoms with Gasteiger partial charge in [0.25, 0.3) is 0 Å². The Balaban J connectivity index is 2.41. The summed E-state index contributed by atoms with van der Waals surface area (Å²) in [6.45, 7) is 14.7. The van der Waals surface area contributed by atoms with E-state index in [9.17, 15) is 0 Å². The second kappa shape index (κ2) is 6.36. The van der Waals surface area contributed by atoms with Crippen LogP contribution >= 0.6 is 0 Å². The molecular weight excluding hydrogens is 208 g/mol. The minimum atomic E-state index is 0.576. The molecule has 1 rings (SSSR count). The van der Waals surface area contributed by atoms with Crippen LogP contribution in [-0.4, -0.2) is 25.2 Å². The number of hydrogen-bond acceptors (Lipinski definition) is 2. The van der Waals surface area contributed by atoms with E-state index >= 15 is 0 Å². The molecule has 2 nitrogen and oxygen atoms in total. The molecule has 0 spiro atoms. The molecular formula is C15H28N2. The van der Waals surface area contributed by atoms with E-state index in [1.807, 2.05) is 0 Å². The maximum atomic E-state index is 4.14. The van der Waals surface area contributed by atoms with Crippen molar-refractivity contribution in [2.75, 3.05) is 7.05 Å². The molecule has 0 radical (unpaired) electrons. The lowest BCUT2D eigenvalue weighted by atomic mass is 9.93. The molecule has 1 heterocycles. The SMILES string of the molecule is C=C(C)CC(=C)CCC1NC(C)C(C)C1NC. The van der Waals surface area contributed by atoms with Crippen LogP contribution in [0.2, 0.25) is 0 Å². The summed E-state index contributed by atoms with van der Waals surface area (Å²) in [5.41, 5.74) is 2.52. The van der Waals surface area contributed by atoms with Gasteiger partial charge in [-0.15, -0.1) is 0 Å². The summed E-state index contributed by atoms with van der Waals surface area (Å²) in [6.07, 6.45) is 3.25. The first-order valence-corrected chi connectivity index (χ1v) is 6.70. The first-order valence-electron chi connectivity index (χ1n) is 6.70. The fourth-order valence-electron chi connectivity index (χ4n) is 2.87. The van der Waals surface area contributed by atoms with Crippen LogP contribution in [-0.2, 0) is 0 Å². The van der Waals surface area contributed by atoms with Gasteiger partial charge in [-0.1, -0.05) is 31.2 Å². The van der Waals surface area contributed by atoms with E-state index in [0.29, 0.717) is 24.0 Å². The summed E-state index contributed by atoms with van der Waals surface area (Å²) >= 11 is 0. The molecule has 4 atom stereocenters. The Bertz CT molecular complexity index is 283. The van der Waals surface area contributed by atoms with Crippen LogP contribution in [0, 0.1) is 5.92 Å². The molecule has 0 bridgehead atoms. The van der Waals surface area contributed by atoms with Crippen LogP contribution in [0.4, 0.5) is 0 Å². The zero-order valence-electron chi connectivity index (χ0n) is 11.8. The maximum absolute atomic E-state index is 4.14. The number of likely N-dealkylation sites (N-methyl/N-ethyl adjacent to an activating group) is 1. The van der Waals surface area contributed by atoms with Crippen LogP contribution in [0.25, 0.3) is 0 Å². The molecule has 1 saturated heterocycles. The van der Waals surface area contributed by atoms with Gasteiger partial charge in [-0.3, -0.25) is 0 Å². The van der Waals surface area contributed by atoms with E-state index in [1.54, 1.807) is 0 Å². The predicted octanol–water partition coefficient (Wildman–Crippen LogP) is 2.87. The zero-order chi connectivity index (χ0) is 13.0. The standard InChI is InChI=1S/C15H28N2/c1-10(2)9-11(3)7-8-14-15(16-6)12(4)13(5)17-14/h12-17H,1,3,7-9H2,2,4-6H3. The third kappa shape index (κ3) is 3.97. The van der Waals surface area contributed by atoms with Crippen molar-refractivity contribution in [1.82, 2.24) is 10.6 Å². The molecule has 1 aliphatic heterocycles. The van der Waals surface area contributed by atoms with Crippen LogP contribution in [0.5, 0.6) is 0 Å². The number of nitrogens with one attached hydrogen (secondary N) is 2. The highest BCUT2D eigenvalue weighted by Crippen LogP contribution is 2.25. The highest BCUT2D eigenvalue weighted by molar-refractivity contribution is 5.08. The van der Waals surface area contributed by atoms with Crippen LogP contribution in [0.3, 0.4) is 0 Å². The van der Waals surface area contributed by atoms with Crippen LogP contribution < -0.4 is 10.6 Å². The van der Waals surface area contributed by atoms with E-state index in [1.165, 1.54) is 17.6 Å². The van der Waals surface area contributed by atoms with Gasteiger partial charge in [0.05, 0.1) is 0 Å². The Hall–Kier alpha value is -0.600. The minimum absolute atomic E-state index is 0.576. The second-order valence-corrected chi connectivity index (χ2v) is 5.66. The summed E-state index contributed by atoms with van der Waals surface area (Å²) in [6, 6.07) is 1.77. The molecule has 0 aromatic carbocycles. The third-order valence-electron chi connectivity index (χ3n) is 3.96. The lowest BCUT2D eigenvalue weighted by Gasteiger charge is -2.22. The second-order valence-electron chi connectivity index (χ2n) is 5.66. The highest BCUT2D eigenvalue weighted by Gasteiger charge is 2.36. The lowest BCUT2D eigenvalue weighted by Crippen LogP contribution is -2.40. The highest BCUT2D eigenvalue weighted by atomic mass is 15.1. The van der Waals surface area contributed by atoms with E-state index in [4.69, 9.17) is 0 Å². The van der Waals surface area contributed by atoms with Gasteiger partial charge in [0.1, 0.15) is 0 Å². The molecule has 1 aliphatic rings. The fraction of sp³-hybridized carbons (Fsp3) is 0.733. The van der Waals surface area contributed by atoms with E-state index in [0.717, 1.165) is 12.8 Å². The average Bonchev–Trinajstić information content (AvgIpc) is 2.51. The Kier molecular flexibility index (Phi) is 5.41. The molecule has 0 aromatic rings. The molecule has 0 saturated carbocycles. The van der Waals surface area contributed by atoms with Crippen molar-refractivity contribution < 1.29 is 0 Å². The van der Waals surface area contributed by atoms with Crippen molar-refractivity contribution in [3.8, 4) is 0 Å². The average molecular weight is 236 g/mol. The van der Waals surface area contributed by atoms with Gasteiger partial charge in [-0.05, 0) is 46.1 Å². The lowest BCUT2D eigenvalue weighted by molar-refractivity contribution is 0.399. The van der Waals surface area contributed by atoms with Gasteiger partial charge in [0, 0.05) is 18.1 Å². The molecule has 0 amide bonds. The number of hydrogen-bond donors (Lipinski definition) is 2. The maximum Gasteiger partial charge on any atom is 0.0258 e. The molecule has 0 aliphatic carbocycles. The van der Waals surface area contributed by atoms with Gasteiger partial charge in [0.2, 0.25) is 0 Å². The summed E-state index contributed by atoms with van der Waals surface area (Å²) in [4.78, 5) is 0. The molecule has 98 valence electrons. The summed E-state index contributed by atoms with van der Waals surface area (Å²) < 4.78 is 0. The van der Waals surface area contributed by atoms with Gasteiger partial charge in [0.15, 0.2) is 0 Å². The van der Waals surface area contributed by atoms with Crippen molar-refractivity contribution >= 4 is 0 Å². The molecule has 0 aromatic heterocycles. The Morgan fingerprint density at radius 2 is 1.94 bits per heavy atom. The van der Waals surface area contributed by atoms with Crippen LogP contribution in [0.1, 0.15) is 40.0 Å².